The van der Waals surface area contributed by atoms with Gasteiger partial charge in [-0.2, -0.15) is 0 Å². The van der Waals surface area contributed by atoms with Crippen molar-refractivity contribution in [2.24, 2.45) is 0 Å². The fraction of sp³-hybridized carbons (Fsp3) is 0.273. The van der Waals surface area contributed by atoms with Gasteiger partial charge in [0.2, 0.25) is 0 Å². The van der Waals surface area contributed by atoms with Crippen LogP contribution in [0.2, 0.25) is 0 Å². The van der Waals surface area contributed by atoms with Crippen LogP contribution >= 0.6 is 0 Å². The third-order valence-corrected chi connectivity index (χ3v) is 4.25. The molecule has 144 valence electrons. The molecule has 0 atom stereocenters. The smallest absolute Gasteiger partial charge is 0.274 e. The summed E-state index contributed by atoms with van der Waals surface area (Å²) < 4.78 is 0. The number of para-hydroxylation sites is 1. The number of amides is 1. The lowest BCUT2D eigenvalue weighted by Gasteiger charge is -2.23. The van der Waals surface area contributed by atoms with Crippen molar-refractivity contribution in [2.75, 3.05) is 10.6 Å². The third-order valence-electron chi connectivity index (χ3n) is 4.25. The summed E-state index contributed by atoms with van der Waals surface area (Å²) in [6.45, 7) is 8.70. The molecule has 2 heterocycles. The highest BCUT2D eigenvalue weighted by molar-refractivity contribution is 6.03. The van der Waals surface area contributed by atoms with Crippen molar-refractivity contribution < 1.29 is 4.79 Å². The number of anilines is 2. The molecule has 0 saturated heterocycles. The van der Waals surface area contributed by atoms with Gasteiger partial charge in [0.05, 0.1) is 0 Å². The second-order valence-corrected chi connectivity index (χ2v) is 7.65. The Balaban J connectivity index is 1.78. The Morgan fingerprint density at radius 1 is 1.07 bits per heavy atom. The molecule has 28 heavy (non-hydrogen) atoms. The highest BCUT2D eigenvalue weighted by Gasteiger charge is 2.19. The third kappa shape index (κ3) is 4.91. The van der Waals surface area contributed by atoms with E-state index >= 15 is 0 Å². The van der Waals surface area contributed by atoms with Gasteiger partial charge in [-0.1, -0.05) is 45.0 Å². The van der Waals surface area contributed by atoms with Crippen molar-refractivity contribution in [3.63, 3.8) is 0 Å². The van der Waals surface area contributed by atoms with Crippen LogP contribution in [0.15, 0.2) is 54.9 Å². The van der Waals surface area contributed by atoms with E-state index in [9.17, 15) is 4.79 Å². The van der Waals surface area contributed by atoms with Crippen molar-refractivity contribution in [2.45, 2.75) is 39.7 Å². The Hall–Kier alpha value is -3.28. The van der Waals surface area contributed by atoms with E-state index in [-0.39, 0.29) is 11.3 Å². The lowest BCUT2D eigenvalue weighted by molar-refractivity contribution is 0.102. The van der Waals surface area contributed by atoms with Crippen LogP contribution in [0.3, 0.4) is 0 Å². The van der Waals surface area contributed by atoms with Gasteiger partial charge < -0.3 is 10.6 Å². The van der Waals surface area contributed by atoms with Crippen LogP contribution in [0.4, 0.5) is 11.5 Å². The zero-order valence-electron chi connectivity index (χ0n) is 16.7. The number of carbonyl (C=O) groups is 1. The standard InChI is InChI=1S/C22H25N5O/c1-15-25-19(12-20(26-15)24-14-16-8-7-11-23-13-16)21(28)27-18-10-6-5-9-17(18)22(2,3)4/h5-13H,14H2,1-4H3,(H,27,28)(H,24,25,26). The van der Waals surface area contributed by atoms with Gasteiger partial charge in [0.15, 0.2) is 0 Å². The minimum Gasteiger partial charge on any atom is -0.366 e. The first-order valence-corrected chi connectivity index (χ1v) is 9.22. The Bertz CT molecular complexity index is 964. The molecule has 0 saturated carbocycles. The summed E-state index contributed by atoms with van der Waals surface area (Å²) in [5.41, 5.74) is 3.14. The molecule has 2 N–H and O–H groups in total. The first kappa shape index (κ1) is 19.5. The monoisotopic (exact) mass is 375 g/mol. The Morgan fingerprint density at radius 3 is 2.57 bits per heavy atom. The van der Waals surface area contributed by atoms with Gasteiger partial charge in [-0.15, -0.1) is 0 Å². The normalized spacial score (nSPS) is 11.1. The second-order valence-electron chi connectivity index (χ2n) is 7.65. The van der Waals surface area contributed by atoms with Crippen LogP contribution < -0.4 is 10.6 Å². The Morgan fingerprint density at radius 2 is 1.86 bits per heavy atom. The molecule has 1 aromatic carbocycles. The molecule has 2 aromatic heterocycles. The maximum Gasteiger partial charge on any atom is 0.274 e. The first-order chi connectivity index (χ1) is 13.3. The highest BCUT2D eigenvalue weighted by atomic mass is 16.1. The van der Waals surface area contributed by atoms with Crippen molar-refractivity contribution in [1.82, 2.24) is 15.0 Å². The fourth-order valence-electron chi connectivity index (χ4n) is 2.90. The van der Waals surface area contributed by atoms with E-state index < -0.39 is 0 Å². The van der Waals surface area contributed by atoms with Gasteiger partial charge in [-0.05, 0) is 35.6 Å². The SMILES string of the molecule is Cc1nc(NCc2cccnc2)cc(C(=O)Nc2ccccc2C(C)(C)C)n1. The summed E-state index contributed by atoms with van der Waals surface area (Å²) in [4.78, 5) is 25.6. The number of aryl methyl sites for hydroxylation is 1. The number of rotatable bonds is 5. The number of carbonyl (C=O) groups excluding carboxylic acids is 1. The van der Waals surface area contributed by atoms with Gasteiger partial charge in [0.1, 0.15) is 17.3 Å². The van der Waals surface area contributed by atoms with Crippen molar-refractivity contribution in [1.29, 1.82) is 0 Å². The van der Waals surface area contributed by atoms with E-state index in [1.54, 1.807) is 25.4 Å². The van der Waals surface area contributed by atoms with Gasteiger partial charge in [-0.25, -0.2) is 9.97 Å². The molecule has 6 nitrogen and oxygen atoms in total. The van der Waals surface area contributed by atoms with E-state index in [2.05, 4.69) is 46.4 Å². The zero-order valence-corrected chi connectivity index (χ0v) is 16.7. The number of aromatic nitrogens is 3. The minimum atomic E-state index is -0.258. The first-order valence-electron chi connectivity index (χ1n) is 9.22. The molecular formula is C22H25N5O. The molecule has 0 aliphatic heterocycles. The van der Waals surface area contributed by atoms with Gasteiger partial charge >= 0.3 is 0 Å². The lowest BCUT2D eigenvalue weighted by atomic mass is 9.86. The summed E-state index contributed by atoms with van der Waals surface area (Å²) >= 11 is 0. The van der Waals surface area contributed by atoms with Crippen LogP contribution in [0.1, 0.15) is 48.2 Å². The lowest BCUT2D eigenvalue weighted by Crippen LogP contribution is -2.20. The molecular weight excluding hydrogens is 350 g/mol. The number of benzene rings is 1. The van der Waals surface area contributed by atoms with E-state index in [0.29, 0.717) is 23.9 Å². The van der Waals surface area contributed by atoms with Crippen LogP contribution in [-0.2, 0) is 12.0 Å². The van der Waals surface area contributed by atoms with Gasteiger partial charge in [0.25, 0.3) is 5.91 Å². The maximum atomic E-state index is 12.8. The number of hydrogen-bond donors (Lipinski definition) is 2. The van der Waals surface area contributed by atoms with Crippen molar-refractivity contribution >= 4 is 17.4 Å². The van der Waals surface area contributed by atoms with E-state index in [1.807, 2.05) is 36.4 Å². The maximum absolute atomic E-state index is 12.8. The predicted molar refractivity (Wildman–Crippen MR) is 111 cm³/mol. The zero-order chi connectivity index (χ0) is 20.1. The van der Waals surface area contributed by atoms with Crippen LogP contribution in [0.5, 0.6) is 0 Å². The summed E-state index contributed by atoms with van der Waals surface area (Å²) in [7, 11) is 0. The molecule has 1 amide bonds. The molecule has 0 radical (unpaired) electrons. The summed E-state index contributed by atoms with van der Waals surface area (Å²) in [6.07, 6.45) is 3.52. The quantitative estimate of drug-likeness (QED) is 0.693. The average Bonchev–Trinajstić information content (AvgIpc) is 2.66. The van der Waals surface area contributed by atoms with Crippen LogP contribution in [0.25, 0.3) is 0 Å². The van der Waals surface area contributed by atoms with Crippen LogP contribution in [0, 0.1) is 6.92 Å². The molecule has 6 heteroatoms. The van der Waals surface area contributed by atoms with Crippen molar-refractivity contribution in [3.05, 3.63) is 77.5 Å². The largest absolute Gasteiger partial charge is 0.366 e. The molecule has 3 rings (SSSR count). The number of nitrogens with zero attached hydrogens (tertiary/aromatic N) is 3. The number of hydrogen-bond acceptors (Lipinski definition) is 5. The molecule has 0 aliphatic carbocycles. The number of nitrogens with one attached hydrogen (secondary N) is 2. The highest BCUT2D eigenvalue weighted by Crippen LogP contribution is 2.29. The fourth-order valence-corrected chi connectivity index (χ4v) is 2.90. The molecule has 0 fully saturated rings. The Kier molecular flexibility index (Phi) is 5.68. The molecule has 3 aromatic rings. The molecule has 0 spiro atoms. The molecule has 0 unspecified atom stereocenters. The van der Waals surface area contributed by atoms with Gasteiger partial charge in [-0.3, -0.25) is 9.78 Å². The Labute approximate surface area is 165 Å². The van der Waals surface area contributed by atoms with E-state index in [4.69, 9.17) is 0 Å². The van der Waals surface area contributed by atoms with Gasteiger partial charge in [0, 0.05) is 30.7 Å². The summed E-state index contributed by atoms with van der Waals surface area (Å²) in [5, 5.41) is 6.22. The van der Waals surface area contributed by atoms with E-state index in [0.717, 1.165) is 16.8 Å². The number of pyridine rings is 1. The van der Waals surface area contributed by atoms with Crippen LogP contribution in [-0.4, -0.2) is 20.9 Å². The summed E-state index contributed by atoms with van der Waals surface area (Å²) in [6, 6.07) is 13.4. The topological polar surface area (TPSA) is 79.8 Å². The molecule has 0 aliphatic rings. The minimum absolute atomic E-state index is 0.0815. The predicted octanol–water partition coefficient (Wildman–Crippen LogP) is 4.34. The summed E-state index contributed by atoms with van der Waals surface area (Å²) in [5.74, 6) is 0.877. The van der Waals surface area contributed by atoms with E-state index in [1.165, 1.54) is 0 Å². The second kappa shape index (κ2) is 8.17. The molecule has 0 bridgehead atoms. The van der Waals surface area contributed by atoms with Crippen molar-refractivity contribution in [3.8, 4) is 0 Å². The average molecular weight is 375 g/mol.